The number of benzene rings is 1. The molecule has 6 heteroatoms. The van der Waals surface area contributed by atoms with Gasteiger partial charge in [-0.3, -0.25) is 0 Å². The van der Waals surface area contributed by atoms with E-state index >= 15 is 0 Å². The van der Waals surface area contributed by atoms with Crippen LogP contribution in [0.3, 0.4) is 0 Å². The van der Waals surface area contributed by atoms with E-state index in [0.717, 1.165) is 0 Å². The topological polar surface area (TPSA) is 40.5 Å². The van der Waals surface area contributed by atoms with Crippen molar-refractivity contribution < 1.29 is 19.0 Å². The van der Waals surface area contributed by atoms with E-state index < -0.39 is 32.1 Å². The number of halogens is 4. The number of hydrogen-bond acceptors (Lipinski definition) is 2. The fourth-order valence-electron chi connectivity index (χ4n) is 0.609. The molecule has 2 nitrogen and oxygen atoms in total. The molecule has 0 bridgehead atoms. The van der Waals surface area contributed by atoms with Crippen molar-refractivity contribution in [2.24, 2.45) is 0 Å². The molecule has 0 amide bonds. The number of rotatable bonds is 0. The molecule has 66 valence electrons. The van der Waals surface area contributed by atoms with Crippen LogP contribution in [0.5, 0.6) is 11.5 Å². The number of phenolic OH excluding ortho intramolecular Hbond substituents is 2. The van der Waals surface area contributed by atoms with E-state index in [1.807, 2.05) is 0 Å². The van der Waals surface area contributed by atoms with Crippen LogP contribution in [-0.4, -0.2) is 10.2 Å². The van der Waals surface area contributed by atoms with Crippen molar-refractivity contribution in [2.75, 3.05) is 0 Å². The highest BCUT2D eigenvalue weighted by atomic mass is 79.9. The normalized spacial score (nSPS) is 10.3. The van der Waals surface area contributed by atoms with Gasteiger partial charge in [-0.15, -0.1) is 0 Å². The number of phenols is 2. The summed E-state index contributed by atoms with van der Waals surface area (Å²) in [5, 5.41) is 17.8. The quantitative estimate of drug-likeness (QED) is 0.571. The van der Waals surface area contributed by atoms with Crippen molar-refractivity contribution in [2.45, 2.75) is 0 Å². The Balaban J connectivity index is 3.60. The zero-order chi connectivity index (χ0) is 9.46. The van der Waals surface area contributed by atoms with Crippen LogP contribution in [0.1, 0.15) is 0 Å². The molecule has 0 saturated carbocycles. The van der Waals surface area contributed by atoms with Gasteiger partial charge in [0.05, 0.1) is 0 Å². The van der Waals surface area contributed by atoms with Gasteiger partial charge in [0.25, 0.3) is 0 Å². The molecule has 0 aliphatic carbocycles. The molecule has 0 spiro atoms. The standard InChI is InChI=1S/C6H2Br2F2O2/c7-1-3(9)6(12)2(8)4(10)5(1)11/h11-12H. The van der Waals surface area contributed by atoms with Gasteiger partial charge in [0.15, 0.2) is 23.1 Å². The Hall–Kier alpha value is -0.360. The van der Waals surface area contributed by atoms with Crippen LogP contribution >= 0.6 is 31.9 Å². The first kappa shape index (κ1) is 9.73. The van der Waals surface area contributed by atoms with Crippen LogP contribution < -0.4 is 0 Å². The average molecular weight is 304 g/mol. The Morgan fingerprint density at radius 2 is 1.08 bits per heavy atom. The van der Waals surface area contributed by atoms with Crippen LogP contribution in [-0.2, 0) is 0 Å². The van der Waals surface area contributed by atoms with Crippen molar-refractivity contribution in [1.29, 1.82) is 0 Å². The van der Waals surface area contributed by atoms with Gasteiger partial charge in [-0.25, -0.2) is 8.78 Å². The fraction of sp³-hybridized carbons (Fsp3) is 0. The summed E-state index contributed by atoms with van der Waals surface area (Å²) in [6.07, 6.45) is 0. The fourth-order valence-corrected chi connectivity index (χ4v) is 1.33. The average Bonchev–Trinajstić information content (AvgIpc) is 2.08. The molecule has 0 atom stereocenters. The molecule has 0 saturated heterocycles. The van der Waals surface area contributed by atoms with Gasteiger partial charge >= 0.3 is 0 Å². The van der Waals surface area contributed by atoms with Crippen LogP contribution in [0.25, 0.3) is 0 Å². The van der Waals surface area contributed by atoms with Crippen LogP contribution in [0.15, 0.2) is 8.95 Å². The van der Waals surface area contributed by atoms with E-state index in [2.05, 4.69) is 31.9 Å². The first-order valence-electron chi connectivity index (χ1n) is 2.70. The molecule has 0 radical (unpaired) electrons. The van der Waals surface area contributed by atoms with Crippen molar-refractivity contribution in [3.05, 3.63) is 20.6 Å². The van der Waals surface area contributed by atoms with Crippen LogP contribution in [0.2, 0.25) is 0 Å². The van der Waals surface area contributed by atoms with Gasteiger partial charge in [-0.05, 0) is 31.9 Å². The lowest BCUT2D eigenvalue weighted by Gasteiger charge is -2.04. The molecule has 2 N–H and O–H groups in total. The SMILES string of the molecule is Oc1c(F)c(Br)c(O)c(F)c1Br. The molecule has 1 aromatic rings. The first-order valence-corrected chi connectivity index (χ1v) is 4.29. The summed E-state index contributed by atoms with van der Waals surface area (Å²) in [7, 11) is 0. The monoisotopic (exact) mass is 302 g/mol. The Bertz CT molecular complexity index is 236. The Kier molecular flexibility index (Phi) is 2.58. The summed E-state index contributed by atoms with van der Waals surface area (Å²) in [5.74, 6) is -3.98. The van der Waals surface area contributed by atoms with Gasteiger partial charge in [-0.1, -0.05) is 0 Å². The van der Waals surface area contributed by atoms with Crippen molar-refractivity contribution in [3.8, 4) is 11.5 Å². The highest BCUT2D eigenvalue weighted by molar-refractivity contribution is 9.11. The molecule has 0 aliphatic rings. The zero-order valence-corrected chi connectivity index (χ0v) is 8.58. The van der Waals surface area contributed by atoms with E-state index in [1.165, 1.54) is 0 Å². The summed E-state index contributed by atoms with van der Waals surface area (Å²) in [4.78, 5) is 0. The summed E-state index contributed by atoms with van der Waals surface area (Å²) in [6.45, 7) is 0. The molecule has 0 aromatic heterocycles. The maximum atomic E-state index is 12.8. The van der Waals surface area contributed by atoms with E-state index in [-0.39, 0.29) is 0 Å². The van der Waals surface area contributed by atoms with Crippen molar-refractivity contribution in [3.63, 3.8) is 0 Å². The van der Waals surface area contributed by atoms with Crippen molar-refractivity contribution in [1.82, 2.24) is 0 Å². The minimum atomic E-state index is -1.11. The van der Waals surface area contributed by atoms with Gasteiger partial charge in [0.2, 0.25) is 0 Å². The minimum Gasteiger partial charge on any atom is -0.504 e. The lowest BCUT2D eigenvalue weighted by molar-refractivity contribution is 0.388. The molecule has 0 fully saturated rings. The molecule has 12 heavy (non-hydrogen) atoms. The Morgan fingerprint density at radius 3 is 1.33 bits per heavy atom. The van der Waals surface area contributed by atoms with Gasteiger partial charge in [0, 0.05) is 0 Å². The zero-order valence-electron chi connectivity index (χ0n) is 5.41. The van der Waals surface area contributed by atoms with Gasteiger partial charge < -0.3 is 10.2 Å². The van der Waals surface area contributed by atoms with Crippen LogP contribution in [0.4, 0.5) is 8.78 Å². The molecule has 0 aliphatic heterocycles. The third-order valence-corrected chi connectivity index (χ3v) is 2.66. The summed E-state index contributed by atoms with van der Waals surface area (Å²) >= 11 is 5.14. The summed E-state index contributed by atoms with van der Waals surface area (Å²) in [6, 6.07) is 0. The van der Waals surface area contributed by atoms with E-state index in [1.54, 1.807) is 0 Å². The first-order chi connectivity index (χ1) is 5.46. The van der Waals surface area contributed by atoms with E-state index in [0.29, 0.717) is 0 Å². The summed E-state index contributed by atoms with van der Waals surface area (Å²) < 4.78 is 24.6. The van der Waals surface area contributed by atoms with Crippen molar-refractivity contribution >= 4 is 31.9 Å². The maximum absolute atomic E-state index is 12.8. The number of hydrogen-bond donors (Lipinski definition) is 2. The van der Waals surface area contributed by atoms with E-state index in [9.17, 15) is 8.78 Å². The second-order valence-electron chi connectivity index (χ2n) is 1.95. The predicted octanol–water partition coefficient (Wildman–Crippen LogP) is 2.90. The highest BCUT2D eigenvalue weighted by Crippen LogP contribution is 2.41. The second-order valence-corrected chi connectivity index (χ2v) is 3.54. The smallest absolute Gasteiger partial charge is 0.184 e. The maximum Gasteiger partial charge on any atom is 0.184 e. The molecule has 1 rings (SSSR count). The van der Waals surface area contributed by atoms with Gasteiger partial charge in [-0.2, -0.15) is 0 Å². The second kappa shape index (κ2) is 3.18. The van der Waals surface area contributed by atoms with E-state index in [4.69, 9.17) is 10.2 Å². The minimum absolute atomic E-state index is 0.499. The van der Waals surface area contributed by atoms with Crippen LogP contribution in [0, 0.1) is 11.6 Å². The Morgan fingerprint density at radius 1 is 0.833 bits per heavy atom. The lowest BCUT2D eigenvalue weighted by Crippen LogP contribution is -1.87. The molecule has 0 heterocycles. The lowest BCUT2D eigenvalue weighted by atomic mass is 10.3. The van der Waals surface area contributed by atoms with Gasteiger partial charge in [0.1, 0.15) is 8.95 Å². The molecular weight excluding hydrogens is 302 g/mol. The molecule has 0 unspecified atom stereocenters. The highest BCUT2D eigenvalue weighted by Gasteiger charge is 2.20. The molecular formula is C6H2Br2F2O2. The predicted molar refractivity (Wildman–Crippen MR) is 45.1 cm³/mol. The number of aromatic hydroxyl groups is 2. The summed E-state index contributed by atoms with van der Waals surface area (Å²) in [5.41, 5.74) is 0. The third kappa shape index (κ3) is 1.29. The third-order valence-electron chi connectivity index (χ3n) is 1.22. The Labute approximate surface area is 83.1 Å². The largest absolute Gasteiger partial charge is 0.504 e. The molecule has 1 aromatic carbocycles.